The van der Waals surface area contributed by atoms with E-state index >= 15 is 4.39 Å². The summed E-state index contributed by atoms with van der Waals surface area (Å²) in [6.45, 7) is 3.63. The van der Waals surface area contributed by atoms with Gasteiger partial charge in [-0.25, -0.2) is 14.8 Å². The Balaban J connectivity index is 1.42. The number of pyridine rings is 1. The van der Waals surface area contributed by atoms with E-state index in [1.807, 2.05) is 18.7 Å². The molecule has 1 amide bonds. The molecular formula is C40H46F7N7O4S. The summed E-state index contributed by atoms with van der Waals surface area (Å²) >= 11 is 1.23. The minimum absolute atomic E-state index is 0.0366. The maximum Gasteiger partial charge on any atom is 0.406 e. The first-order chi connectivity index (χ1) is 27.8. The molecule has 2 unspecified atom stereocenters. The molecule has 19 heteroatoms. The number of ether oxygens (including phenoxy) is 2. The maximum absolute atomic E-state index is 16.4. The SMILES string of the molecule is COC(C)c1ncc(N2CCN(CC(F)(F)F)CC2)cc1-c1c2c3cc(c(F)cc3n1CC(F)(F)F)-c1csc(n1)CCC(=O)N1CCCC(N1)C(=O)OCC(C)(C)C2. The number of rotatable bonds is 6. The Kier molecular flexibility index (Phi) is 12.0. The van der Waals surface area contributed by atoms with Crippen LogP contribution >= 0.6 is 11.3 Å². The summed E-state index contributed by atoms with van der Waals surface area (Å²) in [5.41, 5.74) is 3.94. The molecule has 3 aliphatic heterocycles. The average molecular weight is 854 g/mol. The van der Waals surface area contributed by atoms with Gasteiger partial charge in [0.2, 0.25) is 5.91 Å². The van der Waals surface area contributed by atoms with Crippen molar-refractivity contribution < 1.29 is 49.8 Å². The number of amides is 1. The van der Waals surface area contributed by atoms with Crippen molar-refractivity contribution in [2.75, 3.05) is 57.9 Å². The summed E-state index contributed by atoms with van der Waals surface area (Å²) in [7, 11) is 1.44. The average Bonchev–Trinajstić information content (AvgIpc) is 3.75. The molecular weight excluding hydrogens is 808 g/mol. The summed E-state index contributed by atoms with van der Waals surface area (Å²) < 4.78 is 113. The first-order valence-electron chi connectivity index (χ1n) is 19.5. The van der Waals surface area contributed by atoms with Gasteiger partial charge in [-0.2, -0.15) is 26.3 Å². The third-order valence-electron chi connectivity index (χ3n) is 11.0. The molecule has 6 heterocycles. The number of thiazole rings is 1. The number of methoxy groups -OCH3 is 1. The van der Waals surface area contributed by atoms with E-state index in [-0.39, 0.29) is 86.0 Å². The normalized spacial score (nSPS) is 20.5. The Morgan fingerprint density at radius 3 is 2.42 bits per heavy atom. The van der Waals surface area contributed by atoms with Gasteiger partial charge in [0, 0.05) is 80.0 Å². The monoisotopic (exact) mass is 853 g/mol. The molecule has 2 fully saturated rings. The molecule has 7 rings (SSSR count). The standard InChI is InChI=1S/C40H46F7N7O4S/c1-23(57-4)35-27(14-24(18-48-35)52-12-10-51(11-13-52)20-39(42,43)44)36-28-17-38(2,3)22-58-37(56)30-6-5-9-54(50-30)34(55)8-7-33-49-31(19-59-33)26-15-25(28)32(16-29(26)41)53(36)21-40(45,46)47/h14-16,18-19,23,30,50H,5-13,17,20-22H2,1-4H3. The van der Waals surface area contributed by atoms with E-state index in [0.29, 0.717) is 46.7 Å². The fraction of sp³-hybridized carbons (Fsp3) is 0.550. The van der Waals surface area contributed by atoms with E-state index in [1.54, 1.807) is 18.4 Å². The highest BCUT2D eigenvalue weighted by atomic mass is 32.1. The van der Waals surface area contributed by atoms with E-state index in [9.17, 15) is 35.9 Å². The number of hydrazine groups is 1. The number of hydrogen-bond donors (Lipinski definition) is 1. The number of aromatic nitrogens is 3. The van der Waals surface area contributed by atoms with Crippen LogP contribution in [-0.2, 0) is 38.4 Å². The quantitative estimate of drug-likeness (QED) is 0.156. The summed E-state index contributed by atoms with van der Waals surface area (Å²) in [6.07, 6.45) is -6.96. The predicted octanol–water partition coefficient (Wildman–Crippen LogP) is 7.47. The Morgan fingerprint density at radius 1 is 1.00 bits per heavy atom. The fourth-order valence-electron chi connectivity index (χ4n) is 8.08. The van der Waals surface area contributed by atoms with Crippen molar-refractivity contribution in [2.45, 2.75) is 83.9 Å². The lowest BCUT2D eigenvalue weighted by atomic mass is 9.84. The van der Waals surface area contributed by atoms with Crippen LogP contribution in [-0.4, -0.2) is 108 Å². The van der Waals surface area contributed by atoms with Gasteiger partial charge in [0.05, 0.1) is 58.7 Å². The maximum atomic E-state index is 16.4. The summed E-state index contributed by atoms with van der Waals surface area (Å²) in [4.78, 5) is 39.1. The van der Waals surface area contributed by atoms with Gasteiger partial charge in [-0.1, -0.05) is 13.8 Å². The smallest absolute Gasteiger partial charge is 0.406 e. The summed E-state index contributed by atoms with van der Waals surface area (Å²) in [6, 6.07) is 3.47. The number of halogens is 7. The van der Waals surface area contributed by atoms with Crippen molar-refractivity contribution in [3.05, 3.63) is 51.9 Å². The zero-order chi connectivity index (χ0) is 42.4. The van der Waals surface area contributed by atoms with Crippen LogP contribution in [0.2, 0.25) is 0 Å². The molecule has 1 N–H and O–H groups in total. The van der Waals surface area contributed by atoms with Crippen molar-refractivity contribution in [3.8, 4) is 22.5 Å². The largest absolute Gasteiger partial charge is 0.464 e. The number of hydrogen-bond acceptors (Lipinski definition) is 10. The lowest BCUT2D eigenvalue weighted by Crippen LogP contribution is -2.55. The molecule has 6 bridgehead atoms. The zero-order valence-electron chi connectivity index (χ0n) is 33.1. The van der Waals surface area contributed by atoms with Crippen LogP contribution in [0.4, 0.5) is 36.4 Å². The van der Waals surface area contributed by atoms with Gasteiger partial charge in [0.15, 0.2) is 0 Å². The van der Waals surface area contributed by atoms with Crippen molar-refractivity contribution in [1.82, 2.24) is 29.9 Å². The lowest BCUT2D eigenvalue weighted by molar-refractivity contribution is -0.154. The molecule has 1 aromatic carbocycles. The topological polar surface area (TPSA) is 105 Å². The molecule has 320 valence electrons. The zero-order valence-corrected chi connectivity index (χ0v) is 33.9. The molecule has 3 aromatic heterocycles. The second-order valence-electron chi connectivity index (χ2n) is 16.2. The van der Waals surface area contributed by atoms with Crippen LogP contribution in [0.5, 0.6) is 0 Å². The van der Waals surface area contributed by atoms with Crippen LogP contribution in [0.15, 0.2) is 29.8 Å². The molecule has 11 nitrogen and oxygen atoms in total. The highest BCUT2D eigenvalue weighted by Gasteiger charge is 2.37. The third-order valence-corrected chi connectivity index (χ3v) is 12.0. The summed E-state index contributed by atoms with van der Waals surface area (Å²) in [5, 5.41) is 3.94. The van der Waals surface area contributed by atoms with Gasteiger partial charge >= 0.3 is 18.3 Å². The number of nitrogens with one attached hydrogen (secondary N) is 1. The molecule has 0 radical (unpaired) electrons. The van der Waals surface area contributed by atoms with Gasteiger partial charge in [-0.05, 0) is 49.9 Å². The van der Waals surface area contributed by atoms with E-state index in [1.165, 1.54) is 40.6 Å². The number of piperazine rings is 1. The van der Waals surface area contributed by atoms with E-state index in [2.05, 4.69) is 10.4 Å². The number of alkyl halides is 6. The molecule has 3 aliphatic rings. The Bertz CT molecular complexity index is 2200. The fourth-order valence-corrected chi connectivity index (χ4v) is 8.88. The van der Waals surface area contributed by atoms with Crippen LogP contribution in [0, 0.1) is 11.2 Å². The number of carbonyl (C=O) groups is 2. The van der Waals surface area contributed by atoms with Gasteiger partial charge < -0.3 is 18.9 Å². The predicted molar refractivity (Wildman–Crippen MR) is 207 cm³/mol. The number of esters is 1. The number of anilines is 1. The number of benzene rings is 1. The lowest BCUT2D eigenvalue weighted by Gasteiger charge is -2.36. The molecule has 0 spiro atoms. The minimum Gasteiger partial charge on any atom is -0.464 e. The van der Waals surface area contributed by atoms with Gasteiger partial charge in [-0.15, -0.1) is 11.3 Å². The van der Waals surface area contributed by atoms with Crippen molar-refractivity contribution in [1.29, 1.82) is 0 Å². The second kappa shape index (κ2) is 16.6. The Labute approximate surface area is 340 Å². The number of carbonyl (C=O) groups excluding carboxylic acids is 2. The molecule has 0 saturated carbocycles. The molecule has 2 atom stereocenters. The molecule has 59 heavy (non-hydrogen) atoms. The molecule has 4 aromatic rings. The van der Waals surface area contributed by atoms with Crippen LogP contribution in [0.1, 0.15) is 62.4 Å². The first kappa shape index (κ1) is 42.8. The molecule has 0 aliphatic carbocycles. The Hall–Kier alpha value is -4.33. The first-order valence-corrected chi connectivity index (χ1v) is 20.3. The van der Waals surface area contributed by atoms with E-state index in [4.69, 9.17) is 14.5 Å². The second-order valence-corrected chi connectivity index (χ2v) is 17.1. The van der Waals surface area contributed by atoms with Crippen molar-refractivity contribution >= 4 is 39.8 Å². The van der Waals surface area contributed by atoms with E-state index in [0.717, 1.165) is 10.6 Å². The summed E-state index contributed by atoms with van der Waals surface area (Å²) in [5.74, 6) is -1.61. The van der Waals surface area contributed by atoms with E-state index < -0.39 is 54.8 Å². The van der Waals surface area contributed by atoms with Crippen molar-refractivity contribution in [2.24, 2.45) is 5.41 Å². The van der Waals surface area contributed by atoms with Gasteiger partial charge in [-0.3, -0.25) is 24.5 Å². The number of nitrogens with zero attached hydrogens (tertiary/aromatic N) is 6. The van der Waals surface area contributed by atoms with Crippen LogP contribution in [0.3, 0.4) is 0 Å². The number of fused-ring (bicyclic) bond motifs is 6. The highest BCUT2D eigenvalue weighted by molar-refractivity contribution is 7.10. The third kappa shape index (κ3) is 9.68. The minimum atomic E-state index is -4.76. The highest BCUT2D eigenvalue weighted by Crippen LogP contribution is 2.44. The van der Waals surface area contributed by atoms with Gasteiger partial charge in [0.1, 0.15) is 18.4 Å². The van der Waals surface area contributed by atoms with Gasteiger partial charge in [0.25, 0.3) is 0 Å². The number of aryl methyl sites for hydroxylation is 1. The Morgan fingerprint density at radius 2 is 1.73 bits per heavy atom. The van der Waals surface area contributed by atoms with Crippen LogP contribution in [0.25, 0.3) is 33.4 Å². The van der Waals surface area contributed by atoms with Crippen molar-refractivity contribution in [3.63, 3.8) is 0 Å². The van der Waals surface area contributed by atoms with Crippen LogP contribution < -0.4 is 10.3 Å². The number of cyclic esters (lactones) is 1. The molecule has 2 saturated heterocycles.